The summed E-state index contributed by atoms with van der Waals surface area (Å²) >= 11 is 0. The number of aliphatic hydroxyl groups is 1. The van der Waals surface area contributed by atoms with Gasteiger partial charge in [0.25, 0.3) is 5.69 Å². The van der Waals surface area contributed by atoms with Crippen molar-refractivity contribution in [2.75, 3.05) is 5.32 Å². The highest BCUT2D eigenvalue weighted by molar-refractivity contribution is 6.11. The lowest BCUT2D eigenvalue weighted by molar-refractivity contribution is -0.383. The van der Waals surface area contributed by atoms with Crippen molar-refractivity contribution in [3.8, 4) is 0 Å². The predicted octanol–water partition coefficient (Wildman–Crippen LogP) is 3.83. The molecule has 118 valence electrons. The zero-order chi connectivity index (χ0) is 16.4. The SMILES string of the molecule is CCCC(O)Nc1c2ccccc2nc2cccc([N+](=O)[O-])c12. The number of pyridine rings is 1. The van der Waals surface area contributed by atoms with Gasteiger partial charge in [0.15, 0.2) is 0 Å². The first-order chi connectivity index (χ1) is 11.1. The molecule has 6 heteroatoms. The van der Waals surface area contributed by atoms with Crippen LogP contribution in [0.4, 0.5) is 11.4 Å². The number of benzene rings is 2. The van der Waals surface area contributed by atoms with Crippen LogP contribution < -0.4 is 5.32 Å². The molecule has 0 aliphatic carbocycles. The lowest BCUT2D eigenvalue weighted by Gasteiger charge is -2.17. The van der Waals surface area contributed by atoms with Crippen LogP contribution in [0.3, 0.4) is 0 Å². The largest absolute Gasteiger partial charge is 0.374 e. The third-order valence-corrected chi connectivity index (χ3v) is 3.75. The minimum atomic E-state index is -0.770. The number of hydrogen-bond acceptors (Lipinski definition) is 5. The maximum absolute atomic E-state index is 11.4. The maximum Gasteiger partial charge on any atom is 0.280 e. The summed E-state index contributed by atoms with van der Waals surface area (Å²) in [5.74, 6) is 0. The lowest BCUT2D eigenvalue weighted by Crippen LogP contribution is -2.18. The Kier molecular flexibility index (Phi) is 4.08. The Morgan fingerprint density at radius 2 is 1.96 bits per heavy atom. The van der Waals surface area contributed by atoms with E-state index in [0.717, 1.165) is 17.3 Å². The molecule has 1 atom stereocenters. The van der Waals surface area contributed by atoms with E-state index in [1.165, 1.54) is 6.07 Å². The Balaban J connectivity index is 2.34. The number of aliphatic hydroxyl groups excluding tert-OH is 1. The van der Waals surface area contributed by atoms with Gasteiger partial charge >= 0.3 is 0 Å². The number of non-ortho nitro benzene ring substituents is 1. The van der Waals surface area contributed by atoms with E-state index in [2.05, 4.69) is 10.3 Å². The summed E-state index contributed by atoms with van der Waals surface area (Å²) in [4.78, 5) is 15.5. The lowest BCUT2D eigenvalue weighted by atomic mass is 10.1. The van der Waals surface area contributed by atoms with Crippen molar-refractivity contribution >= 4 is 33.2 Å². The van der Waals surface area contributed by atoms with Crippen LogP contribution in [0.25, 0.3) is 21.8 Å². The summed E-state index contributed by atoms with van der Waals surface area (Å²) in [5.41, 5.74) is 1.79. The van der Waals surface area contributed by atoms with Crippen LogP contribution in [0.2, 0.25) is 0 Å². The molecule has 0 bridgehead atoms. The van der Waals surface area contributed by atoms with Crippen LogP contribution >= 0.6 is 0 Å². The standard InChI is InChI=1S/C17H17N3O3/c1-2-6-15(21)19-17-11-7-3-4-8-12(11)18-13-9-5-10-14(16(13)17)20(22)23/h3-5,7-10,15,21H,2,6H2,1H3,(H,18,19). The summed E-state index contributed by atoms with van der Waals surface area (Å²) in [6.07, 6.45) is 0.588. The molecule has 0 amide bonds. The smallest absolute Gasteiger partial charge is 0.280 e. The molecule has 0 aliphatic rings. The monoisotopic (exact) mass is 311 g/mol. The molecule has 0 radical (unpaired) electrons. The topological polar surface area (TPSA) is 88.3 Å². The molecule has 0 spiro atoms. The first-order valence-electron chi connectivity index (χ1n) is 7.52. The van der Waals surface area contributed by atoms with Gasteiger partial charge in [-0.15, -0.1) is 0 Å². The minimum absolute atomic E-state index is 0.0213. The van der Waals surface area contributed by atoms with E-state index in [1.807, 2.05) is 31.2 Å². The molecule has 0 aliphatic heterocycles. The predicted molar refractivity (Wildman–Crippen MR) is 90.4 cm³/mol. The molecule has 0 saturated carbocycles. The average Bonchev–Trinajstić information content (AvgIpc) is 2.54. The van der Waals surface area contributed by atoms with E-state index >= 15 is 0 Å². The van der Waals surface area contributed by atoms with Crippen LogP contribution in [-0.2, 0) is 0 Å². The van der Waals surface area contributed by atoms with E-state index in [-0.39, 0.29) is 5.69 Å². The molecule has 3 rings (SSSR count). The van der Waals surface area contributed by atoms with E-state index in [4.69, 9.17) is 0 Å². The van der Waals surface area contributed by atoms with E-state index in [0.29, 0.717) is 23.0 Å². The highest BCUT2D eigenvalue weighted by Crippen LogP contribution is 2.36. The van der Waals surface area contributed by atoms with Crippen molar-refractivity contribution < 1.29 is 10.0 Å². The second kappa shape index (κ2) is 6.18. The summed E-state index contributed by atoms with van der Waals surface area (Å²) in [6, 6.07) is 12.2. The molecular weight excluding hydrogens is 294 g/mol. The molecule has 0 fully saturated rings. The molecule has 1 heterocycles. The zero-order valence-corrected chi connectivity index (χ0v) is 12.7. The minimum Gasteiger partial charge on any atom is -0.374 e. The third-order valence-electron chi connectivity index (χ3n) is 3.75. The van der Waals surface area contributed by atoms with E-state index in [1.54, 1.807) is 12.1 Å². The summed E-state index contributed by atoms with van der Waals surface area (Å²) in [7, 11) is 0. The fourth-order valence-corrected chi connectivity index (χ4v) is 2.74. The van der Waals surface area contributed by atoms with Gasteiger partial charge in [-0.2, -0.15) is 0 Å². The number of nitrogens with zero attached hydrogens (tertiary/aromatic N) is 2. The van der Waals surface area contributed by atoms with Crippen molar-refractivity contribution in [2.45, 2.75) is 26.0 Å². The number of aromatic nitrogens is 1. The van der Waals surface area contributed by atoms with Gasteiger partial charge in [0, 0.05) is 11.5 Å². The zero-order valence-electron chi connectivity index (χ0n) is 12.7. The Bertz CT molecular complexity index is 879. The number of rotatable bonds is 5. The van der Waals surface area contributed by atoms with Crippen molar-refractivity contribution in [3.05, 3.63) is 52.6 Å². The van der Waals surface area contributed by atoms with Crippen molar-refractivity contribution in [3.63, 3.8) is 0 Å². The van der Waals surface area contributed by atoms with Crippen LogP contribution in [0.1, 0.15) is 19.8 Å². The van der Waals surface area contributed by atoms with Gasteiger partial charge in [-0.1, -0.05) is 37.6 Å². The Labute approximate surface area is 132 Å². The first-order valence-corrected chi connectivity index (χ1v) is 7.52. The van der Waals surface area contributed by atoms with Gasteiger partial charge in [-0.25, -0.2) is 4.98 Å². The quantitative estimate of drug-likeness (QED) is 0.323. The van der Waals surface area contributed by atoms with Crippen molar-refractivity contribution in [2.24, 2.45) is 0 Å². The second-order valence-electron chi connectivity index (χ2n) is 5.38. The number of para-hydroxylation sites is 1. The number of fused-ring (bicyclic) bond motifs is 2. The van der Waals surface area contributed by atoms with Gasteiger partial charge in [-0.05, 0) is 18.6 Å². The Morgan fingerprint density at radius 1 is 1.22 bits per heavy atom. The van der Waals surface area contributed by atoms with Crippen molar-refractivity contribution in [1.29, 1.82) is 0 Å². The van der Waals surface area contributed by atoms with Gasteiger partial charge in [0.2, 0.25) is 0 Å². The van der Waals surface area contributed by atoms with Crippen LogP contribution in [0.15, 0.2) is 42.5 Å². The van der Waals surface area contributed by atoms with Gasteiger partial charge < -0.3 is 10.4 Å². The van der Waals surface area contributed by atoms with Crippen molar-refractivity contribution in [1.82, 2.24) is 4.98 Å². The summed E-state index contributed by atoms with van der Waals surface area (Å²) in [5, 5.41) is 25.8. The highest BCUT2D eigenvalue weighted by atomic mass is 16.6. The van der Waals surface area contributed by atoms with Crippen LogP contribution in [0, 0.1) is 10.1 Å². The highest BCUT2D eigenvalue weighted by Gasteiger charge is 2.20. The van der Waals surface area contributed by atoms with Gasteiger partial charge in [0.05, 0.1) is 21.6 Å². The molecule has 1 unspecified atom stereocenters. The average molecular weight is 311 g/mol. The summed E-state index contributed by atoms with van der Waals surface area (Å²) < 4.78 is 0. The number of anilines is 1. The van der Waals surface area contributed by atoms with Gasteiger partial charge in [-0.3, -0.25) is 10.1 Å². The first kappa shape index (κ1) is 15.2. The number of hydrogen-bond donors (Lipinski definition) is 2. The molecule has 0 saturated heterocycles. The number of nitrogens with one attached hydrogen (secondary N) is 1. The molecule has 2 N–H and O–H groups in total. The fourth-order valence-electron chi connectivity index (χ4n) is 2.74. The Hall–Kier alpha value is -2.73. The number of nitro benzene ring substituents is 1. The number of nitro groups is 1. The molecule has 3 aromatic rings. The molecule has 6 nitrogen and oxygen atoms in total. The third kappa shape index (κ3) is 2.80. The molecule has 23 heavy (non-hydrogen) atoms. The molecule has 1 aromatic heterocycles. The van der Waals surface area contributed by atoms with E-state index in [9.17, 15) is 15.2 Å². The second-order valence-corrected chi connectivity index (χ2v) is 5.38. The normalized spacial score (nSPS) is 12.4. The Morgan fingerprint density at radius 3 is 2.70 bits per heavy atom. The van der Waals surface area contributed by atoms with Gasteiger partial charge in [0.1, 0.15) is 11.6 Å². The molecular formula is C17H17N3O3. The maximum atomic E-state index is 11.4. The van der Waals surface area contributed by atoms with Crippen LogP contribution in [-0.4, -0.2) is 21.2 Å². The fraction of sp³-hybridized carbons (Fsp3) is 0.235. The van der Waals surface area contributed by atoms with E-state index < -0.39 is 11.2 Å². The molecule has 2 aromatic carbocycles. The van der Waals surface area contributed by atoms with Crippen LogP contribution in [0.5, 0.6) is 0 Å². The summed E-state index contributed by atoms with van der Waals surface area (Å²) in [6.45, 7) is 1.97.